The van der Waals surface area contributed by atoms with Crippen LogP contribution in [0.15, 0.2) is 24.5 Å². The van der Waals surface area contributed by atoms with Crippen molar-refractivity contribution < 1.29 is 9.53 Å². The fraction of sp³-hybridized carbons (Fsp3) is 0.600. The molecule has 2 rings (SSSR count). The van der Waals surface area contributed by atoms with Gasteiger partial charge in [-0.15, -0.1) is 0 Å². The molecule has 0 aromatic carbocycles. The number of carbonyl (C=O) groups excluding carboxylic acids is 1. The van der Waals surface area contributed by atoms with E-state index in [1.165, 1.54) is 32.8 Å². The first-order valence-corrected chi connectivity index (χ1v) is 7.05. The first-order valence-electron chi connectivity index (χ1n) is 7.05. The van der Waals surface area contributed by atoms with E-state index < -0.39 is 6.04 Å². The number of nitrogens with one attached hydrogen (secondary N) is 1. The molecule has 0 radical (unpaired) electrons. The third kappa shape index (κ3) is 4.03. The van der Waals surface area contributed by atoms with Crippen LogP contribution in [0.2, 0.25) is 0 Å². The molecule has 1 aliphatic carbocycles. The number of esters is 1. The van der Waals surface area contributed by atoms with E-state index in [0.29, 0.717) is 6.04 Å². The monoisotopic (exact) mass is 262 g/mol. The van der Waals surface area contributed by atoms with E-state index in [-0.39, 0.29) is 5.97 Å². The molecule has 1 saturated carbocycles. The Morgan fingerprint density at radius 1 is 1.37 bits per heavy atom. The summed E-state index contributed by atoms with van der Waals surface area (Å²) in [6, 6.07) is 3.76. The van der Waals surface area contributed by atoms with E-state index in [2.05, 4.69) is 10.3 Å². The van der Waals surface area contributed by atoms with Gasteiger partial charge in [-0.1, -0.05) is 31.7 Å². The summed E-state index contributed by atoms with van der Waals surface area (Å²) in [5.41, 5.74) is 0.874. The van der Waals surface area contributed by atoms with Crippen molar-refractivity contribution in [3.8, 4) is 0 Å². The second-order valence-corrected chi connectivity index (χ2v) is 5.10. The van der Waals surface area contributed by atoms with E-state index in [1.54, 1.807) is 12.4 Å². The Hall–Kier alpha value is -1.42. The largest absolute Gasteiger partial charge is 0.468 e. The van der Waals surface area contributed by atoms with Crippen LogP contribution < -0.4 is 5.32 Å². The van der Waals surface area contributed by atoms with Gasteiger partial charge in [0.2, 0.25) is 0 Å². The van der Waals surface area contributed by atoms with Crippen molar-refractivity contribution in [2.45, 2.75) is 50.6 Å². The van der Waals surface area contributed by atoms with Gasteiger partial charge in [-0.2, -0.15) is 0 Å². The number of nitrogens with zero attached hydrogens (tertiary/aromatic N) is 1. The molecule has 0 bridgehead atoms. The molecule has 1 unspecified atom stereocenters. The van der Waals surface area contributed by atoms with Gasteiger partial charge >= 0.3 is 5.97 Å². The maximum atomic E-state index is 12.0. The van der Waals surface area contributed by atoms with Crippen molar-refractivity contribution in [3.63, 3.8) is 0 Å². The molecule has 19 heavy (non-hydrogen) atoms. The van der Waals surface area contributed by atoms with Crippen molar-refractivity contribution in [1.82, 2.24) is 10.3 Å². The molecule has 104 valence electrons. The molecule has 1 aromatic rings. The van der Waals surface area contributed by atoms with Gasteiger partial charge < -0.3 is 4.74 Å². The molecule has 0 amide bonds. The molecule has 1 fully saturated rings. The Kier molecular flexibility index (Phi) is 5.33. The molecular weight excluding hydrogens is 240 g/mol. The minimum Gasteiger partial charge on any atom is -0.468 e. The summed E-state index contributed by atoms with van der Waals surface area (Å²) in [5, 5.41) is 3.45. The van der Waals surface area contributed by atoms with Crippen LogP contribution in [-0.2, 0) is 9.53 Å². The third-order valence-corrected chi connectivity index (χ3v) is 3.71. The number of rotatable bonds is 4. The standard InChI is InChI=1S/C15H22N2O2/c1-19-15(18)14(12-7-6-10-16-11-12)17-13-8-4-2-3-5-9-13/h6-7,10-11,13-14,17H,2-5,8-9H2,1H3. The molecule has 0 saturated heterocycles. The van der Waals surface area contributed by atoms with Crippen LogP contribution in [0.4, 0.5) is 0 Å². The zero-order chi connectivity index (χ0) is 13.5. The van der Waals surface area contributed by atoms with Gasteiger partial charge in [-0.3, -0.25) is 10.3 Å². The van der Waals surface area contributed by atoms with Gasteiger partial charge in [0.25, 0.3) is 0 Å². The van der Waals surface area contributed by atoms with Crippen LogP contribution in [0.1, 0.15) is 50.1 Å². The predicted molar refractivity (Wildman–Crippen MR) is 73.6 cm³/mol. The predicted octanol–water partition coefficient (Wildman–Crippen LogP) is 2.61. The Bertz CT molecular complexity index is 386. The summed E-state index contributed by atoms with van der Waals surface area (Å²) in [6.07, 6.45) is 10.8. The normalized spacial score (nSPS) is 18.6. The lowest BCUT2D eigenvalue weighted by Crippen LogP contribution is -2.37. The average Bonchev–Trinajstić information content (AvgIpc) is 2.73. The van der Waals surface area contributed by atoms with E-state index in [4.69, 9.17) is 4.74 Å². The molecule has 1 aliphatic rings. The minimum absolute atomic E-state index is 0.239. The topological polar surface area (TPSA) is 51.2 Å². The number of methoxy groups -OCH3 is 1. The molecule has 1 N–H and O–H groups in total. The van der Waals surface area contributed by atoms with Crippen LogP contribution in [-0.4, -0.2) is 24.1 Å². The minimum atomic E-state index is -0.401. The van der Waals surface area contributed by atoms with E-state index in [9.17, 15) is 4.79 Å². The number of carbonyl (C=O) groups is 1. The fourth-order valence-electron chi connectivity index (χ4n) is 2.65. The number of hydrogen-bond donors (Lipinski definition) is 1. The van der Waals surface area contributed by atoms with Crippen LogP contribution in [0, 0.1) is 0 Å². The summed E-state index contributed by atoms with van der Waals surface area (Å²) in [6.45, 7) is 0. The lowest BCUT2D eigenvalue weighted by atomic mass is 10.0. The highest BCUT2D eigenvalue weighted by molar-refractivity contribution is 5.77. The fourth-order valence-corrected chi connectivity index (χ4v) is 2.65. The molecule has 1 heterocycles. The Morgan fingerprint density at radius 3 is 2.68 bits per heavy atom. The number of pyridine rings is 1. The van der Waals surface area contributed by atoms with Crippen molar-refractivity contribution in [1.29, 1.82) is 0 Å². The van der Waals surface area contributed by atoms with E-state index in [1.807, 2.05) is 12.1 Å². The second kappa shape index (κ2) is 7.24. The van der Waals surface area contributed by atoms with Crippen molar-refractivity contribution in [2.75, 3.05) is 7.11 Å². The van der Waals surface area contributed by atoms with E-state index >= 15 is 0 Å². The first-order chi connectivity index (χ1) is 9.31. The zero-order valence-electron chi connectivity index (χ0n) is 11.5. The second-order valence-electron chi connectivity index (χ2n) is 5.10. The number of aromatic nitrogens is 1. The Balaban J connectivity index is 2.07. The Morgan fingerprint density at radius 2 is 2.11 bits per heavy atom. The smallest absolute Gasteiger partial charge is 0.327 e. The van der Waals surface area contributed by atoms with Crippen molar-refractivity contribution >= 4 is 5.97 Å². The van der Waals surface area contributed by atoms with Gasteiger partial charge in [-0.25, -0.2) is 4.79 Å². The van der Waals surface area contributed by atoms with Gasteiger partial charge in [-0.05, 0) is 24.5 Å². The SMILES string of the molecule is COC(=O)C(NC1CCCCCC1)c1cccnc1. The highest BCUT2D eigenvalue weighted by Gasteiger charge is 2.25. The highest BCUT2D eigenvalue weighted by atomic mass is 16.5. The lowest BCUT2D eigenvalue weighted by molar-refractivity contribution is -0.143. The van der Waals surface area contributed by atoms with Crippen LogP contribution in [0.25, 0.3) is 0 Å². The van der Waals surface area contributed by atoms with Crippen LogP contribution >= 0.6 is 0 Å². The van der Waals surface area contributed by atoms with Crippen molar-refractivity contribution in [3.05, 3.63) is 30.1 Å². The maximum Gasteiger partial charge on any atom is 0.327 e. The van der Waals surface area contributed by atoms with Gasteiger partial charge in [0.15, 0.2) is 0 Å². The summed E-state index contributed by atoms with van der Waals surface area (Å²) in [5.74, 6) is -0.239. The maximum absolute atomic E-state index is 12.0. The summed E-state index contributed by atoms with van der Waals surface area (Å²) >= 11 is 0. The summed E-state index contributed by atoms with van der Waals surface area (Å²) < 4.78 is 4.91. The molecule has 1 atom stereocenters. The van der Waals surface area contributed by atoms with Gasteiger partial charge in [0.05, 0.1) is 7.11 Å². The van der Waals surface area contributed by atoms with E-state index in [0.717, 1.165) is 18.4 Å². The lowest BCUT2D eigenvalue weighted by Gasteiger charge is -2.23. The molecule has 4 heteroatoms. The van der Waals surface area contributed by atoms with Crippen LogP contribution in [0.3, 0.4) is 0 Å². The quantitative estimate of drug-likeness (QED) is 0.669. The molecular formula is C15H22N2O2. The molecule has 0 aliphatic heterocycles. The van der Waals surface area contributed by atoms with Gasteiger partial charge in [0, 0.05) is 18.4 Å². The zero-order valence-corrected chi connectivity index (χ0v) is 11.5. The Labute approximate surface area is 114 Å². The highest BCUT2D eigenvalue weighted by Crippen LogP contribution is 2.21. The molecule has 0 spiro atoms. The van der Waals surface area contributed by atoms with Gasteiger partial charge in [0.1, 0.15) is 6.04 Å². The first kappa shape index (κ1) is 14.0. The summed E-state index contributed by atoms with van der Waals surface area (Å²) in [4.78, 5) is 16.0. The molecule has 1 aromatic heterocycles. The summed E-state index contributed by atoms with van der Waals surface area (Å²) in [7, 11) is 1.43. The van der Waals surface area contributed by atoms with Crippen molar-refractivity contribution in [2.24, 2.45) is 0 Å². The third-order valence-electron chi connectivity index (χ3n) is 3.71. The molecule has 4 nitrogen and oxygen atoms in total. The number of hydrogen-bond acceptors (Lipinski definition) is 4. The van der Waals surface area contributed by atoms with Crippen LogP contribution in [0.5, 0.6) is 0 Å². The number of ether oxygens (including phenoxy) is 1. The average molecular weight is 262 g/mol.